The summed E-state index contributed by atoms with van der Waals surface area (Å²) in [4.78, 5) is 27.2. The highest BCUT2D eigenvalue weighted by Crippen LogP contribution is 2.33. The maximum atomic E-state index is 13.4. The van der Waals surface area contributed by atoms with Crippen molar-refractivity contribution in [2.24, 2.45) is 0 Å². The smallest absolute Gasteiger partial charge is 0.244 e. The molecule has 2 aromatic rings. The summed E-state index contributed by atoms with van der Waals surface area (Å²) in [5.74, 6) is -0.179. The molecule has 33 heavy (non-hydrogen) atoms. The summed E-state index contributed by atoms with van der Waals surface area (Å²) in [6, 6.07) is 11.4. The molecular formula is C23H31N3O6S. The van der Waals surface area contributed by atoms with Crippen LogP contribution >= 0.6 is 0 Å². The first-order valence-electron chi connectivity index (χ1n) is 10.3. The fourth-order valence-electron chi connectivity index (χ4n) is 3.38. The molecule has 180 valence electrons. The fourth-order valence-corrected chi connectivity index (χ4v) is 4.24. The molecule has 0 saturated heterocycles. The van der Waals surface area contributed by atoms with E-state index in [1.165, 1.54) is 38.3 Å². The predicted octanol–water partition coefficient (Wildman–Crippen LogP) is 1.94. The van der Waals surface area contributed by atoms with Gasteiger partial charge in [0, 0.05) is 19.7 Å². The third-order valence-electron chi connectivity index (χ3n) is 5.18. The third-order valence-corrected chi connectivity index (χ3v) is 6.31. The molecule has 9 nitrogen and oxygen atoms in total. The maximum absolute atomic E-state index is 13.4. The molecule has 0 fully saturated rings. The van der Waals surface area contributed by atoms with Crippen molar-refractivity contribution < 1.29 is 27.5 Å². The Hall–Kier alpha value is -3.27. The molecule has 2 rings (SSSR count). The first kappa shape index (κ1) is 26.0. The second-order valence-corrected chi connectivity index (χ2v) is 9.52. The lowest BCUT2D eigenvalue weighted by atomic mass is 10.1. The van der Waals surface area contributed by atoms with E-state index in [1.807, 2.05) is 31.2 Å². The van der Waals surface area contributed by atoms with Crippen molar-refractivity contribution in [1.29, 1.82) is 0 Å². The number of nitrogens with zero attached hydrogens (tertiary/aromatic N) is 2. The van der Waals surface area contributed by atoms with E-state index in [2.05, 4.69) is 5.32 Å². The van der Waals surface area contributed by atoms with Crippen molar-refractivity contribution in [1.82, 2.24) is 10.2 Å². The number of carbonyl (C=O) groups excluding carboxylic acids is 2. The van der Waals surface area contributed by atoms with Crippen molar-refractivity contribution in [3.8, 4) is 11.5 Å². The number of hydrogen-bond donors (Lipinski definition) is 1. The molecule has 2 aromatic carbocycles. The topological polar surface area (TPSA) is 105 Å². The Labute approximate surface area is 195 Å². The number of rotatable bonds is 10. The first-order valence-corrected chi connectivity index (χ1v) is 12.1. The van der Waals surface area contributed by atoms with Gasteiger partial charge in [-0.05, 0) is 31.5 Å². The minimum atomic E-state index is -3.87. The number of nitrogens with one attached hydrogen (secondary N) is 1. The van der Waals surface area contributed by atoms with Crippen LogP contribution in [-0.4, -0.2) is 65.2 Å². The average Bonchev–Trinajstić information content (AvgIpc) is 2.78. The van der Waals surface area contributed by atoms with Crippen molar-refractivity contribution >= 4 is 27.5 Å². The van der Waals surface area contributed by atoms with Crippen LogP contribution < -0.4 is 19.1 Å². The summed E-state index contributed by atoms with van der Waals surface area (Å²) in [5, 5.41) is 2.54. The van der Waals surface area contributed by atoms with Crippen LogP contribution in [0, 0.1) is 6.92 Å². The Bertz CT molecular complexity index is 1100. The highest BCUT2D eigenvalue weighted by Gasteiger charge is 2.31. The zero-order chi connectivity index (χ0) is 24.8. The molecule has 0 aliphatic heterocycles. The van der Waals surface area contributed by atoms with E-state index in [4.69, 9.17) is 9.47 Å². The molecule has 0 spiro atoms. The van der Waals surface area contributed by atoms with Crippen LogP contribution in [0.5, 0.6) is 11.5 Å². The molecule has 0 unspecified atom stereocenters. The van der Waals surface area contributed by atoms with E-state index >= 15 is 0 Å². The van der Waals surface area contributed by atoms with Gasteiger partial charge >= 0.3 is 0 Å². The van der Waals surface area contributed by atoms with Gasteiger partial charge in [-0.1, -0.05) is 29.8 Å². The predicted molar refractivity (Wildman–Crippen MR) is 127 cm³/mol. The third kappa shape index (κ3) is 6.61. The summed E-state index contributed by atoms with van der Waals surface area (Å²) in [6.45, 7) is 3.17. The van der Waals surface area contributed by atoms with Crippen LogP contribution in [0.15, 0.2) is 42.5 Å². The second kappa shape index (κ2) is 11.0. The monoisotopic (exact) mass is 477 g/mol. The van der Waals surface area contributed by atoms with Gasteiger partial charge in [0.1, 0.15) is 24.1 Å². The van der Waals surface area contributed by atoms with Crippen molar-refractivity contribution in [3.63, 3.8) is 0 Å². The van der Waals surface area contributed by atoms with Crippen molar-refractivity contribution in [2.45, 2.75) is 26.4 Å². The van der Waals surface area contributed by atoms with Gasteiger partial charge < -0.3 is 19.7 Å². The zero-order valence-electron chi connectivity index (χ0n) is 19.8. The number of ether oxygens (including phenoxy) is 2. The number of methoxy groups -OCH3 is 2. The lowest BCUT2D eigenvalue weighted by molar-refractivity contribution is -0.139. The van der Waals surface area contributed by atoms with E-state index < -0.39 is 28.5 Å². The number of amides is 2. The number of carbonyl (C=O) groups is 2. The molecular weight excluding hydrogens is 446 g/mol. The van der Waals surface area contributed by atoms with Gasteiger partial charge in [-0.25, -0.2) is 8.42 Å². The minimum Gasteiger partial charge on any atom is -0.497 e. The highest BCUT2D eigenvalue weighted by molar-refractivity contribution is 7.92. The molecule has 2 amide bonds. The van der Waals surface area contributed by atoms with Crippen molar-refractivity contribution in [3.05, 3.63) is 53.6 Å². The van der Waals surface area contributed by atoms with Gasteiger partial charge in [0.15, 0.2) is 0 Å². The number of hydrogen-bond acceptors (Lipinski definition) is 6. The highest BCUT2D eigenvalue weighted by atomic mass is 32.2. The van der Waals surface area contributed by atoms with Crippen LogP contribution in [0.4, 0.5) is 5.69 Å². The maximum Gasteiger partial charge on any atom is 0.244 e. The molecule has 0 saturated carbocycles. The SMILES string of the molecule is CNC(=O)[C@H](C)N(Cc1cccc(C)c1)C(=O)CN(c1ccc(OC)cc1OC)S(C)(=O)=O. The summed E-state index contributed by atoms with van der Waals surface area (Å²) in [5.41, 5.74) is 2.03. The number of likely N-dealkylation sites (N-methyl/N-ethyl adjacent to an activating group) is 1. The Kier molecular flexibility index (Phi) is 8.69. The van der Waals surface area contributed by atoms with E-state index in [-0.39, 0.29) is 23.9 Å². The van der Waals surface area contributed by atoms with Gasteiger partial charge in [0.25, 0.3) is 0 Å². The standard InChI is InChI=1S/C23H31N3O6S/c1-16-8-7-9-18(12-16)14-25(17(2)23(28)24-3)22(27)15-26(33(6,29)30)20-11-10-19(31-4)13-21(20)32-5/h7-13,17H,14-15H2,1-6H3,(H,24,28)/t17-/m0/s1. The van der Waals surface area contributed by atoms with E-state index in [0.29, 0.717) is 5.75 Å². The van der Waals surface area contributed by atoms with E-state index in [9.17, 15) is 18.0 Å². The Morgan fingerprint density at radius 1 is 1.09 bits per heavy atom. The van der Waals surface area contributed by atoms with Gasteiger partial charge in [0.05, 0.1) is 26.2 Å². The number of anilines is 1. The summed E-state index contributed by atoms with van der Waals surface area (Å²) in [6.07, 6.45) is 1.01. The Morgan fingerprint density at radius 2 is 1.79 bits per heavy atom. The first-order chi connectivity index (χ1) is 15.5. The minimum absolute atomic E-state index is 0.145. The molecule has 0 heterocycles. The van der Waals surface area contributed by atoms with E-state index in [0.717, 1.165) is 21.7 Å². The normalized spacial score (nSPS) is 11.9. The molecule has 0 bridgehead atoms. The summed E-state index contributed by atoms with van der Waals surface area (Å²) < 4.78 is 36.8. The van der Waals surface area contributed by atoms with E-state index in [1.54, 1.807) is 13.0 Å². The lowest BCUT2D eigenvalue weighted by Gasteiger charge is -2.31. The molecule has 0 aliphatic rings. The van der Waals surface area contributed by atoms with Crippen LogP contribution in [-0.2, 0) is 26.2 Å². The second-order valence-electron chi connectivity index (χ2n) is 7.61. The number of aryl methyl sites for hydroxylation is 1. The zero-order valence-corrected chi connectivity index (χ0v) is 20.6. The molecule has 1 atom stereocenters. The number of sulfonamides is 1. The van der Waals surface area contributed by atoms with Crippen LogP contribution in [0.2, 0.25) is 0 Å². The van der Waals surface area contributed by atoms with Gasteiger partial charge in [0.2, 0.25) is 21.8 Å². The Morgan fingerprint density at radius 3 is 2.33 bits per heavy atom. The van der Waals surface area contributed by atoms with Crippen molar-refractivity contribution in [2.75, 3.05) is 38.4 Å². The molecule has 1 N–H and O–H groups in total. The average molecular weight is 478 g/mol. The lowest BCUT2D eigenvalue weighted by Crippen LogP contribution is -2.50. The number of benzene rings is 2. The van der Waals surface area contributed by atoms with Crippen LogP contribution in [0.3, 0.4) is 0 Å². The van der Waals surface area contributed by atoms with Gasteiger partial charge in [-0.2, -0.15) is 0 Å². The molecule has 0 aliphatic carbocycles. The summed E-state index contributed by atoms with van der Waals surface area (Å²) in [7, 11) is 0.503. The summed E-state index contributed by atoms with van der Waals surface area (Å²) >= 11 is 0. The molecule has 0 aromatic heterocycles. The van der Waals surface area contributed by atoms with Crippen LogP contribution in [0.1, 0.15) is 18.1 Å². The molecule has 0 radical (unpaired) electrons. The van der Waals surface area contributed by atoms with Gasteiger partial charge in [-0.3, -0.25) is 13.9 Å². The fraction of sp³-hybridized carbons (Fsp3) is 0.391. The largest absolute Gasteiger partial charge is 0.497 e. The Balaban J connectivity index is 2.45. The van der Waals surface area contributed by atoms with Crippen LogP contribution in [0.25, 0.3) is 0 Å². The van der Waals surface area contributed by atoms with Gasteiger partial charge in [-0.15, -0.1) is 0 Å². The quantitative estimate of drug-likeness (QED) is 0.561. The molecule has 10 heteroatoms.